The fourth-order valence-electron chi connectivity index (χ4n) is 2.92. The van der Waals surface area contributed by atoms with Crippen molar-refractivity contribution in [3.05, 3.63) is 65.2 Å². The minimum atomic E-state index is -1.01. The Morgan fingerprint density at radius 3 is 2.16 bits per heavy atom. The molecule has 1 saturated carbocycles. The van der Waals surface area contributed by atoms with E-state index >= 15 is 0 Å². The second kappa shape index (κ2) is 7.94. The van der Waals surface area contributed by atoms with Gasteiger partial charge in [0.25, 0.3) is 5.91 Å². The Labute approximate surface area is 146 Å². The number of aromatic carboxylic acids is 1. The molecule has 3 rings (SSSR count). The monoisotopic (exact) mass is 339 g/mol. The van der Waals surface area contributed by atoms with Crippen LogP contribution in [-0.2, 0) is 11.3 Å². The summed E-state index contributed by atoms with van der Waals surface area (Å²) >= 11 is 0. The van der Waals surface area contributed by atoms with Crippen molar-refractivity contribution in [1.82, 2.24) is 0 Å². The van der Waals surface area contributed by atoms with E-state index in [2.05, 4.69) is 5.32 Å². The number of ether oxygens (including phenoxy) is 1. The Kier molecular flexibility index (Phi) is 5.46. The Hall–Kier alpha value is -2.66. The van der Waals surface area contributed by atoms with Crippen molar-refractivity contribution in [1.29, 1.82) is 0 Å². The lowest BCUT2D eigenvalue weighted by molar-refractivity contribution is 0.0457. The molecule has 25 heavy (non-hydrogen) atoms. The molecule has 1 amide bonds. The molecule has 5 nitrogen and oxygen atoms in total. The Bertz CT molecular complexity index is 731. The van der Waals surface area contributed by atoms with Gasteiger partial charge in [-0.25, -0.2) is 4.79 Å². The van der Waals surface area contributed by atoms with E-state index in [1.165, 1.54) is 37.1 Å². The van der Waals surface area contributed by atoms with E-state index in [1.54, 1.807) is 0 Å². The number of anilines is 1. The van der Waals surface area contributed by atoms with E-state index in [1.807, 2.05) is 24.3 Å². The summed E-state index contributed by atoms with van der Waals surface area (Å²) in [6.07, 6.45) is 5.18. The summed E-state index contributed by atoms with van der Waals surface area (Å²) in [6, 6.07) is 13.4. The quantitative estimate of drug-likeness (QED) is 0.831. The average molecular weight is 339 g/mol. The number of benzene rings is 2. The summed E-state index contributed by atoms with van der Waals surface area (Å²) in [6.45, 7) is 0.593. The molecular weight excluding hydrogens is 318 g/mol. The van der Waals surface area contributed by atoms with Crippen LogP contribution < -0.4 is 5.32 Å². The van der Waals surface area contributed by atoms with Crippen LogP contribution in [0, 0.1) is 0 Å². The molecule has 0 saturated heterocycles. The average Bonchev–Trinajstić information content (AvgIpc) is 3.15. The van der Waals surface area contributed by atoms with Crippen molar-refractivity contribution in [2.75, 3.05) is 5.32 Å². The van der Waals surface area contributed by atoms with Gasteiger partial charge in [0.15, 0.2) is 0 Å². The maximum absolute atomic E-state index is 12.2. The molecule has 0 aromatic heterocycles. The van der Waals surface area contributed by atoms with Gasteiger partial charge in [0.05, 0.1) is 18.3 Å². The van der Waals surface area contributed by atoms with Crippen LogP contribution in [0.15, 0.2) is 48.5 Å². The number of carboxylic acids is 1. The normalized spacial score (nSPS) is 14.4. The molecule has 1 fully saturated rings. The van der Waals surface area contributed by atoms with Gasteiger partial charge >= 0.3 is 5.97 Å². The predicted octanol–water partition coefficient (Wildman–Crippen LogP) is 4.10. The lowest BCUT2D eigenvalue weighted by atomic mass is 10.1. The molecule has 1 aliphatic rings. The van der Waals surface area contributed by atoms with Crippen molar-refractivity contribution >= 4 is 17.6 Å². The number of rotatable bonds is 6. The molecule has 0 atom stereocenters. The first-order valence-corrected chi connectivity index (χ1v) is 8.47. The Morgan fingerprint density at radius 2 is 1.56 bits per heavy atom. The van der Waals surface area contributed by atoms with Crippen LogP contribution in [0.2, 0.25) is 0 Å². The summed E-state index contributed by atoms with van der Waals surface area (Å²) < 4.78 is 5.87. The van der Waals surface area contributed by atoms with E-state index < -0.39 is 5.97 Å². The van der Waals surface area contributed by atoms with Gasteiger partial charge in [-0.1, -0.05) is 25.0 Å². The van der Waals surface area contributed by atoms with E-state index in [0.29, 0.717) is 24.0 Å². The fraction of sp³-hybridized carbons (Fsp3) is 0.300. The second-order valence-electron chi connectivity index (χ2n) is 6.25. The fourth-order valence-corrected chi connectivity index (χ4v) is 2.92. The lowest BCUT2D eigenvalue weighted by Gasteiger charge is -2.11. The molecule has 0 bridgehead atoms. The van der Waals surface area contributed by atoms with Crippen molar-refractivity contribution in [3.8, 4) is 0 Å². The third kappa shape index (κ3) is 4.67. The minimum absolute atomic E-state index is 0.156. The van der Waals surface area contributed by atoms with Crippen LogP contribution in [0.1, 0.15) is 52.0 Å². The van der Waals surface area contributed by atoms with E-state index in [0.717, 1.165) is 18.4 Å². The lowest BCUT2D eigenvalue weighted by Crippen LogP contribution is -2.12. The molecule has 0 radical (unpaired) electrons. The molecule has 5 heteroatoms. The zero-order valence-electron chi connectivity index (χ0n) is 13.9. The largest absolute Gasteiger partial charge is 0.478 e. The molecule has 0 spiro atoms. The zero-order valence-corrected chi connectivity index (χ0v) is 13.9. The van der Waals surface area contributed by atoms with Crippen LogP contribution in [-0.4, -0.2) is 23.1 Å². The highest BCUT2D eigenvalue weighted by Crippen LogP contribution is 2.22. The summed E-state index contributed by atoms with van der Waals surface area (Å²) in [5, 5.41) is 11.7. The highest BCUT2D eigenvalue weighted by molar-refractivity contribution is 6.04. The summed E-state index contributed by atoms with van der Waals surface area (Å²) in [4.78, 5) is 23.0. The highest BCUT2D eigenvalue weighted by atomic mass is 16.5. The van der Waals surface area contributed by atoms with Gasteiger partial charge in [-0.2, -0.15) is 0 Å². The van der Waals surface area contributed by atoms with Gasteiger partial charge in [-0.3, -0.25) is 4.79 Å². The number of carbonyl (C=O) groups excluding carboxylic acids is 1. The third-order valence-electron chi connectivity index (χ3n) is 4.39. The van der Waals surface area contributed by atoms with Gasteiger partial charge in [0, 0.05) is 11.3 Å². The van der Waals surface area contributed by atoms with Gasteiger partial charge < -0.3 is 15.2 Å². The first-order valence-electron chi connectivity index (χ1n) is 8.47. The van der Waals surface area contributed by atoms with E-state index in [9.17, 15) is 9.59 Å². The molecular formula is C20H21NO4. The van der Waals surface area contributed by atoms with Gasteiger partial charge in [0.1, 0.15) is 0 Å². The Morgan fingerprint density at radius 1 is 0.960 bits per heavy atom. The molecule has 1 aliphatic carbocycles. The van der Waals surface area contributed by atoms with Crippen LogP contribution in [0.3, 0.4) is 0 Å². The molecule has 2 aromatic rings. The number of hydrogen-bond donors (Lipinski definition) is 2. The van der Waals surface area contributed by atoms with Crippen LogP contribution in [0.5, 0.6) is 0 Å². The number of carbonyl (C=O) groups is 2. The van der Waals surface area contributed by atoms with Crippen LogP contribution in [0.4, 0.5) is 5.69 Å². The maximum atomic E-state index is 12.2. The minimum Gasteiger partial charge on any atom is -0.478 e. The van der Waals surface area contributed by atoms with Gasteiger partial charge in [-0.15, -0.1) is 0 Å². The smallest absolute Gasteiger partial charge is 0.335 e. The first kappa shape index (κ1) is 17.2. The number of carboxylic acid groups (broad SMARTS) is 1. The van der Waals surface area contributed by atoms with Crippen molar-refractivity contribution in [2.45, 2.75) is 38.4 Å². The Balaban J connectivity index is 1.54. The molecule has 0 aliphatic heterocycles. The molecule has 0 heterocycles. The maximum Gasteiger partial charge on any atom is 0.335 e. The van der Waals surface area contributed by atoms with Crippen molar-refractivity contribution in [2.24, 2.45) is 0 Å². The highest BCUT2D eigenvalue weighted by Gasteiger charge is 2.15. The SMILES string of the molecule is O=C(O)c1ccc(C(=O)Nc2ccc(COC3CCCC3)cc2)cc1. The van der Waals surface area contributed by atoms with Crippen LogP contribution in [0.25, 0.3) is 0 Å². The molecule has 0 unspecified atom stereocenters. The van der Waals surface area contributed by atoms with Crippen LogP contribution >= 0.6 is 0 Å². The molecule has 130 valence electrons. The summed E-state index contributed by atoms with van der Waals surface area (Å²) in [7, 11) is 0. The number of amides is 1. The van der Waals surface area contributed by atoms with Gasteiger partial charge in [-0.05, 0) is 54.8 Å². The molecule has 2 N–H and O–H groups in total. The zero-order chi connectivity index (χ0) is 17.6. The van der Waals surface area contributed by atoms with Gasteiger partial charge in [0.2, 0.25) is 0 Å². The predicted molar refractivity (Wildman–Crippen MR) is 94.8 cm³/mol. The van der Waals surface area contributed by atoms with E-state index in [-0.39, 0.29) is 11.5 Å². The number of hydrogen-bond acceptors (Lipinski definition) is 3. The molecule has 2 aromatic carbocycles. The number of nitrogens with one attached hydrogen (secondary N) is 1. The summed E-state index contributed by atoms with van der Waals surface area (Å²) in [5.41, 5.74) is 2.34. The first-order chi connectivity index (χ1) is 12.1. The van der Waals surface area contributed by atoms with Crippen molar-refractivity contribution in [3.63, 3.8) is 0 Å². The topological polar surface area (TPSA) is 75.6 Å². The second-order valence-corrected chi connectivity index (χ2v) is 6.25. The van der Waals surface area contributed by atoms with E-state index in [4.69, 9.17) is 9.84 Å². The standard InChI is InChI=1S/C20H21NO4/c22-19(15-7-9-16(10-8-15)20(23)24)21-17-11-5-14(6-12-17)13-25-18-3-1-2-4-18/h5-12,18H,1-4,13H2,(H,21,22)(H,23,24). The van der Waals surface area contributed by atoms with Crippen molar-refractivity contribution < 1.29 is 19.4 Å². The summed E-state index contributed by atoms with van der Waals surface area (Å²) in [5.74, 6) is -1.28. The third-order valence-corrected chi connectivity index (χ3v) is 4.39.